The van der Waals surface area contributed by atoms with Gasteiger partial charge in [-0.15, -0.1) is 11.3 Å². The molecular formula is C23H41N5OS. The van der Waals surface area contributed by atoms with Gasteiger partial charge in [-0.1, -0.05) is 19.9 Å². The maximum atomic E-state index is 5.54. The van der Waals surface area contributed by atoms with E-state index in [1.807, 2.05) is 18.4 Å². The number of piperidine rings is 1. The number of nitrogens with one attached hydrogen (secondary N) is 2. The standard InChI is InChI=1S/C23H41N5OS/c1-19(2)15-21(28-10-12-29-13-11-28)17-26-23(24-3)25-16-20-6-8-27(9-7-20)18-22-5-4-14-30-22/h4-5,14,19-21H,6-13,15-18H2,1-3H3,(H2,24,25,26). The van der Waals surface area contributed by atoms with Crippen molar-refractivity contribution in [3.05, 3.63) is 22.4 Å². The quantitative estimate of drug-likeness (QED) is 0.461. The molecule has 1 atom stereocenters. The third-order valence-corrected chi connectivity index (χ3v) is 7.12. The van der Waals surface area contributed by atoms with Crippen molar-refractivity contribution in [1.29, 1.82) is 0 Å². The van der Waals surface area contributed by atoms with Crippen LogP contribution in [0.25, 0.3) is 0 Å². The van der Waals surface area contributed by atoms with E-state index in [4.69, 9.17) is 4.74 Å². The summed E-state index contributed by atoms with van der Waals surface area (Å²) in [5.74, 6) is 2.36. The number of ether oxygens (including phenoxy) is 1. The summed E-state index contributed by atoms with van der Waals surface area (Å²) >= 11 is 1.87. The fourth-order valence-electron chi connectivity index (χ4n) is 4.50. The number of morpholine rings is 1. The lowest BCUT2D eigenvalue weighted by atomic mass is 9.97. The molecule has 1 unspecified atom stereocenters. The van der Waals surface area contributed by atoms with E-state index in [9.17, 15) is 0 Å². The first-order chi connectivity index (χ1) is 14.6. The number of guanidine groups is 1. The van der Waals surface area contributed by atoms with Crippen LogP contribution in [-0.4, -0.2) is 81.3 Å². The summed E-state index contributed by atoms with van der Waals surface area (Å²) in [4.78, 5) is 11.1. The molecule has 3 rings (SSSR count). The lowest BCUT2D eigenvalue weighted by Gasteiger charge is -2.36. The number of rotatable bonds is 9. The first-order valence-corrected chi connectivity index (χ1v) is 12.5. The molecule has 0 amide bonds. The zero-order valence-electron chi connectivity index (χ0n) is 19.1. The van der Waals surface area contributed by atoms with Crippen LogP contribution in [0.5, 0.6) is 0 Å². The van der Waals surface area contributed by atoms with Crippen molar-refractivity contribution < 1.29 is 4.74 Å². The number of hydrogen-bond donors (Lipinski definition) is 2. The Labute approximate surface area is 187 Å². The summed E-state index contributed by atoms with van der Waals surface area (Å²) in [5, 5.41) is 9.36. The van der Waals surface area contributed by atoms with Gasteiger partial charge in [-0.25, -0.2) is 0 Å². The molecule has 0 spiro atoms. The molecule has 0 radical (unpaired) electrons. The Morgan fingerprint density at radius 1 is 1.20 bits per heavy atom. The zero-order valence-corrected chi connectivity index (χ0v) is 19.9. The molecule has 0 aliphatic carbocycles. The number of nitrogens with zero attached hydrogens (tertiary/aromatic N) is 3. The Kier molecular flexibility index (Phi) is 9.91. The van der Waals surface area contributed by atoms with E-state index in [1.165, 1.54) is 37.2 Å². The first-order valence-electron chi connectivity index (χ1n) is 11.6. The summed E-state index contributed by atoms with van der Waals surface area (Å²) in [5.41, 5.74) is 0. The average Bonchev–Trinajstić information content (AvgIpc) is 3.27. The molecule has 30 heavy (non-hydrogen) atoms. The number of likely N-dealkylation sites (tertiary alicyclic amines) is 1. The topological polar surface area (TPSA) is 52.1 Å². The van der Waals surface area contributed by atoms with E-state index in [-0.39, 0.29) is 0 Å². The van der Waals surface area contributed by atoms with Crippen molar-refractivity contribution in [2.75, 3.05) is 59.5 Å². The molecule has 6 nitrogen and oxygen atoms in total. The molecule has 0 aromatic carbocycles. The highest BCUT2D eigenvalue weighted by Gasteiger charge is 2.23. The van der Waals surface area contributed by atoms with Gasteiger partial charge in [0, 0.05) is 50.7 Å². The summed E-state index contributed by atoms with van der Waals surface area (Å²) < 4.78 is 5.54. The molecule has 2 fully saturated rings. The van der Waals surface area contributed by atoms with Crippen LogP contribution in [0.2, 0.25) is 0 Å². The Morgan fingerprint density at radius 2 is 1.97 bits per heavy atom. The zero-order chi connectivity index (χ0) is 21.2. The van der Waals surface area contributed by atoms with Crippen LogP contribution < -0.4 is 10.6 Å². The van der Waals surface area contributed by atoms with Crippen molar-refractivity contribution in [3.8, 4) is 0 Å². The largest absolute Gasteiger partial charge is 0.379 e. The van der Waals surface area contributed by atoms with Gasteiger partial charge >= 0.3 is 0 Å². The maximum absolute atomic E-state index is 5.54. The van der Waals surface area contributed by atoms with Gasteiger partial charge in [-0.05, 0) is 55.6 Å². The average molecular weight is 436 g/mol. The fourth-order valence-corrected chi connectivity index (χ4v) is 5.24. The van der Waals surface area contributed by atoms with E-state index in [0.717, 1.165) is 57.8 Å². The van der Waals surface area contributed by atoms with Crippen LogP contribution in [0.4, 0.5) is 0 Å². The Balaban J connectivity index is 1.37. The molecule has 0 bridgehead atoms. The SMILES string of the molecule is CN=C(NCC1CCN(Cc2cccs2)CC1)NCC(CC(C)C)N1CCOCC1. The summed E-state index contributed by atoms with van der Waals surface area (Å²) in [6, 6.07) is 4.94. The number of thiophene rings is 1. The van der Waals surface area contributed by atoms with Crippen molar-refractivity contribution in [3.63, 3.8) is 0 Å². The van der Waals surface area contributed by atoms with Crippen molar-refractivity contribution in [2.24, 2.45) is 16.8 Å². The molecule has 2 aliphatic heterocycles. The normalized spacial score (nSPS) is 21.1. The van der Waals surface area contributed by atoms with Gasteiger partial charge in [0.25, 0.3) is 0 Å². The Hall–Kier alpha value is -1.15. The van der Waals surface area contributed by atoms with Crippen LogP contribution in [0.1, 0.15) is 38.0 Å². The molecular weight excluding hydrogens is 394 g/mol. The molecule has 1 aromatic rings. The van der Waals surface area contributed by atoms with Crippen LogP contribution in [0.15, 0.2) is 22.5 Å². The lowest BCUT2D eigenvalue weighted by molar-refractivity contribution is 0.0132. The van der Waals surface area contributed by atoms with E-state index in [0.29, 0.717) is 12.0 Å². The predicted molar refractivity (Wildman–Crippen MR) is 127 cm³/mol. The van der Waals surface area contributed by atoms with E-state index < -0.39 is 0 Å². The van der Waals surface area contributed by atoms with Crippen LogP contribution in [0, 0.1) is 11.8 Å². The number of hydrogen-bond acceptors (Lipinski definition) is 5. The van der Waals surface area contributed by atoms with Gasteiger partial charge in [0.1, 0.15) is 0 Å². The van der Waals surface area contributed by atoms with E-state index in [1.54, 1.807) is 0 Å². The molecule has 0 saturated carbocycles. The van der Waals surface area contributed by atoms with Gasteiger partial charge in [-0.2, -0.15) is 0 Å². The highest BCUT2D eigenvalue weighted by molar-refractivity contribution is 7.09. The third-order valence-electron chi connectivity index (χ3n) is 6.26. The van der Waals surface area contributed by atoms with Crippen LogP contribution in [0.3, 0.4) is 0 Å². The van der Waals surface area contributed by atoms with Crippen LogP contribution >= 0.6 is 11.3 Å². The van der Waals surface area contributed by atoms with Gasteiger partial charge in [-0.3, -0.25) is 14.8 Å². The van der Waals surface area contributed by atoms with Crippen molar-refractivity contribution >= 4 is 17.3 Å². The minimum absolute atomic E-state index is 0.535. The fraction of sp³-hybridized carbons (Fsp3) is 0.783. The van der Waals surface area contributed by atoms with E-state index in [2.05, 4.69) is 56.8 Å². The van der Waals surface area contributed by atoms with Crippen molar-refractivity contribution in [2.45, 2.75) is 45.7 Å². The number of aliphatic imine (C=N–C) groups is 1. The third kappa shape index (κ3) is 7.84. The first kappa shape index (κ1) is 23.5. The summed E-state index contributed by atoms with van der Waals surface area (Å²) in [7, 11) is 1.88. The monoisotopic (exact) mass is 435 g/mol. The minimum Gasteiger partial charge on any atom is -0.379 e. The Morgan fingerprint density at radius 3 is 2.60 bits per heavy atom. The second kappa shape index (κ2) is 12.6. The maximum Gasteiger partial charge on any atom is 0.191 e. The molecule has 2 aliphatic rings. The van der Waals surface area contributed by atoms with E-state index >= 15 is 0 Å². The van der Waals surface area contributed by atoms with Gasteiger partial charge in [0.05, 0.1) is 13.2 Å². The summed E-state index contributed by atoms with van der Waals surface area (Å²) in [6.07, 6.45) is 3.73. The molecule has 3 heterocycles. The predicted octanol–water partition coefficient (Wildman–Crippen LogP) is 2.87. The van der Waals surface area contributed by atoms with Crippen molar-refractivity contribution in [1.82, 2.24) is 20.4 Å². The van der Waals surface area contributed by atoms with Crippen LogP contribution in [-0.2, 0) is 11.3 Å². The minimum atomic E-state index is 0.535. The van der Waals surface area contributed by atoms with Gasteiger partial charge < -0.3 is 15.4 Å². The highest BCUT2D eigenvalue weighted by Crippen LogP contribution is 2.20. The summed E-state index contributed by atoms with van der Waals surface area (Å²) in [6.45, 7) is 13.9. The molecule has 7 heteroatoms. The molecule has 2 N–H and O–H groups in total. The molecule has 1 aromatic heterocycles. The lowest BCUT2D eigenvalue weighted by Crippen LogP contribution is -2.51. The smallest absolute Gasteiger partial charge is 0.191 e. The highest BCUT2D eigenvalue weighted by atomic mass is 32.1. The van der Waals surface area contributed by atoms with Gasteiger partial charge in [0.15, 0.2) is 5.96 Å². The Bertz CT molecular complexity index is 607. The second-order valence-electron chi connectivity index (χ2n) is 9.06. The van der Waals surface area contributed by atoms with Gasteiger partial charge in [0.2, 0.25) is 0 Å². The molecule has 170 valence electrons. The second-order valence-corrected chi connectivity index (χ2v) is 10.1. The molecule has 2 saturated heterocycles.